The molecule has 0 radical (unpaired) electrons. The van der Waals surface area contributed by atoms with Gasteiger partial charge in [-0.1, -0.05) is 11.6 Å². The Kier molecular flexibility index (Phi) is 4.61. The van der Waals surface area contributed by atoms with Gasteiger partial charge in [-0.3, -0.25) is 0 Å². The van der Waals surface area contributed by atoms with E-state index in [1.54, 1.807) is 0 Å². The first-order valence-corrected chi connectivity index (χ1v) is 6.63. The van der Waals surface area contributed by atoms with Gasteiger partial charge in [0.05, 0.1) is 11.8 Å². The number of urea groups is 1. The van der Waals surface area contributed by atoms with Crippen LogP contribution in [0.25, 0.3) is 0 Å². The summed E-state index contributed by atoms with van der Waals surface area (Å²) >= 11 is 5.63. The summed E-state index contributed by atoms with van der Waals surface area (Å²) < 4.78 is 13.5. The second kappa shape index (κ2) is 6.21. The fourth-order valence-corrected chi connectivity index (χ4v) is 2.31. The van der Waals surface area contributed by atoms with Crippen LogP contribution in [0, 0.1) is 5.82 Å². The van der Waals surface area contributed by atoms with Gasteiger partial charge in [-0.2, -0.15) is 0 Å². The van der Waals surface area contributed by atoms with E-state index in [0.717, 1.165) is 18.9 Å². The third-order valence-electron chi connectivity index (χ3n) is 3.21. The van der Waals surface area contributed by atoms with Gasteiger partial charge in [0, 0.05) is 11.1 Å². The highest BCUT2D eigenvalue weighted by atomic mass is 35.5. The molecule has 0 atom stereocenters. The zero-order chi connectivity index (χ0) is 13.8. The molecule has 1 aromatic rings. The lowest BCUT2D eigenvalue weighted by atomic mass is 9.93. The van der Waals surface area contributed by atoms with Gasteiger partial charge >= 0.3 is 6.03 Å². The normalized spacial score (nSPS) is 22.9. The molecule has 0 unspecified atom stereocenters. The Morgan fingerprint density at radius 2 is 2.00 bits per heavy atom. The van der Waals surface area contributed by atoms with E-state index >= 15 is 0 Å². The number of halogens is 2. The van der Waals surface area contributed by atoms with Crippen LogP contribution in [0.5, 0.6) is 0 Å². The lowest BCUT2D eigenvalue weighted by Crippen LogP contribution is -2.41. The first-order chi connectivity index (χ1) is 9.04. The molecule has 0 saturated heterocycles. The summed E-state index contributed by atoms with van der Waals surface area (Å²) in [4.78, 5) is 11.7. The quantitative estimate of drug-likeness (QED) is 0.783. The number of amides is 2. The fourth-order valence-electron chi connectivity index (χ4n) is 2.15. The molecule has 1 saturated carbocycles. The highest BCUT2D eigenvalue weighted by Crippen LogP contribution is 2.20. The monoisotopic (exact) mass is 286 g/mol. The number of carbonyl (C=O) groups is 1. The smallest absolute Gasteiger partial charge is 0.319 e. The van der Waals surface area contributed by atoms with Crippen LogP contribution in [0.1, 0.15) is 25.7 Å². The standard InChI is InChI=1S/C13H16ClFN2O2/c14-8-1-6-12(11(15)7-8)17-13(19)16-9-2-4-10(18)5-3-9/h1,6-7,9-10,18H,2-5H2,(H2,16,17,19). The van der Waals surface area contributed by atoms with Gasteiger partial charge in [0.1, 0.15) is 5.82 Å². The van der Waals surface area contributed by atoms with Crippen LogP contribution < -0.4 is 10.6 Å². The topological polar surface area (TPSA) is 61.4 Å². The number of aliphatic hydroxyl groups is 1. The van der Waals surface area contributed by atoms with E-state index in [0.29, 0.717) is 12.8 Å². The molecule has 2 amide bonds. The third kappa shape index (κ3) is 4.08. The molecule has 19 heavy (non-hydrogen) atoms. The first-order valence-electron chi connectivity index (χ1n) is 6.25. The van der Waals surface area contributed by atoms with E-state index in [-0.39, 0.29) is 22.9 Å². The minimum absolute atomic E-state index is 0.0266. The minimum Gasteiger partial charge on any atom is -0.393 e. The molecular formula is C13H16ClFN2O2. The Hall–Kier alpha value is -1.33. The summed E-state index contributed by atoms with van der Waals surface area (Å²) in [6, 6.07) is 3.66. The number of benzene rings is 1. The molecule has 4 nitrogen and oxygen atoms in total. The lowest BCUT2D eigenvalue weighted by molar-refractivity contribution is 0.118. The highest BCUT2D eigenvalue weighted by molar-refractivity contribution is 6.30. The van der Waals surface area contributed by atoms with Crippen molar-refractivity contribution in [3.8, 4) is 0 Å². The molecule has 0 spiro atoms. The van der Waals surface area contributed by atoms with Crippen LogP contribution in [0.2, 0.25) is 5.02 Å². The summed E-state index contributed by atoms with van der Waals surface area (Å²) in [5.74, 6) is -0.568. The lowest BCUT2D eigenvalue weighted by Gasteiger charge is -2.26. The van der Waals surface area contributed by atoms with E-state index in [1.165, 1.54) is 12.1 Å². The van der Waals surface area contributed by atoms with Crippen molar-refractivity contribution >= 4 is 23.3 Å². The van der Waals surface area contributed by atoms with Crippen molar-refractivity contribution in [2.24, 2.45) is 0 Å². The number of rotatable bonds is 2. The van der Waals surface area contributed by atoms with E-state index < -0.39 is 11.8 Å². The van der Waals surface area contributed by atoms with Crippen molar-refractivity contribution in [3.63, 3.8) is 0 Å². The van der Waals surface area contributed by atoms with Crippen molar-refractivity contribution in [1.82, 2.24) is 5.32 Å². The minimum atomic E-state index is -0.568. The average Bonchev–Trinajstić information content (AvgIpc) is 2.36. The summed E-state index contributed by atoms with van der Waals surface area (Å²) in [6.07, 6.45) is 2.56. The molecule has 1 aliphatic rings. The molecule has 0 bridgehead atoms. The molecule has 0 aliphatic heterocycles. The van der Waals surface area contributed by atoms with Gasteiger partial charge in [0.2, 0.25) is 0 Å². The second-order valence-corrected chi connectivity index (χ2v) is 5.16. The SMILES string of the molecule is O=C(Nc1ccc(Cl)cc1F)NC1CCC(O)CC1. The van der Waals surface area contributed by atoms with Crippen molar-refractivity contribution in [2.45, 2.75) is 37.8 Å². The number of anilines is 1. The molecule has 0 aromatic heterocycles. The number of hydrogen-bond donors (Lipinski definition) is 3. The van der Waals surface area contributed by atoms with Gasteiger partial charge < -0.3 is 15.7 Å². The maximum atomic E-state index is 13.5. The number of aliphatic hydroxyl groups excluding tert-OH is 1. The predicted molar refractivity (Wildman–Crippen MR) is 71.8 cm³/mol. The van der Waals surface area contributed by atoms with E-state index in [9.17, 15) is 14.3 Å². The molecule has 2 rings (SSSR count). The first kappa shape index (κ1) is 14.1. The van der Waals surface area contributed by atoms with Crippen LogP contribution in [-0.4, -0.2) is 23.3 Å². The van der Waals surface area contributed by atoms with E-state index in [2.05, 4.69) is 10.6 Å². The van der Waals surface area contributed by atoms with Gasteiger partial charge in [0.15, 0.2) is 0 Å². The zero-order valence-corrected chi connectivity index (χ0v) is 11.1. The Labute approximate surface area is 116 Å². The highest BCUT2D eigenvalue weighted by Gasteiger charge is 2.21. The summed E-state index contributed by atoms with van der Waals surface area (Å²) in [7, 11) is 0. The number of nitrogens with one attached hydrogen (secondary N) is 2. The summed E-state index contributed by atoms with van der Waals surface area (Å²) in [5.41, 5.74) is 0.0951. The van der Waals surface area contributed by atoms with Crippen LogP contribution in [-0.2, 0) is 0 Å². The van der Waals surface area contributed by atoms with Crippen LogP contribution >= 0.6 is 11.6 Å². The Morgan fingerprint density at radius 1 is 1.32 bits per heavy atom. The Balaban J connectivity index is 1.87. The van der Waals surface area contributed by atoms with Gasteiger partial charge in [-0.05, 0) is 43.9 Å². The molecule has 1 fully saturated rings. The largest absolute Gasteiger partial charge is 0.393 e. The van der Waals surface area contributed by atoms with Crippen molar-refractivity contribution in [3.05, 3.63) is 29.0 Å². The second-order valence-electron chi connectivity index (χ2n) is 4.73. The van der Waals surface area contributed by atoms with E-state index in [4.69, 9.17) is 11.6 Å². The molecule has 3 N–H and O–H groups in total. The maximum absolute atomic E-state index is 13.5. The van der Waals surface area contributed by atoms with Gasteiger partial charge in [-0.25, -0.2) is 9.18 Å². The van der Waals surface area contributed by atoms with Crippen molar-refractivity contribution in [2.75, 3.05) is 5.32 Å². The zero-order valence-electron chi connectivity index (χ0n) is 10.3. The van der Waals surface area contributed by atoms with Gasteiger partial charge in [-0.15, -0.1) is 0 Å². The van der Waals surface area contributed by atoms with Gasteiger partial charge in [0.25, 0.3) is 0 Å². The summed E-state index contributed by atoms with van der Waals surface area (Å²) in [6.45, 7) is 0. The fraction of sp³-hybridized carbons (Fsp3) is 0.462. The van der Waals surface area contributed by atoms with Crippen LogP contribution in [0.3, 0.4) is 0 Å². The van der Waals surface area contributed by atoms with Crippen molar-refractivity contribution in [1.29, 1.82) is 0 Å². The maximum Gasteiger partial charge on any atom is 0.319 e. The average molecular weight is 287 g/mol. The van der Waals surface area contributed by atoms with E-state index in [1.807, 2.05) is 0 Å². The Morgan fingerprint density at radius 3 is 2.63 bits per heavy atom. The van der Waals surface area contributed by atoms with Crippen molar-refractivity contribution < 1.29 is 14.3 Å². The third-order valence-corrected chi connectivity index (χ3v) is 3.45. The molecule has 1 aromatic carbocycles. The Bertz CT molecular complexity index is 462. The molecule has 1 aliphatic carbocycles. The number of carbonyl (C=O) groups excluding carboxylic acids is 1. The van der Waals surface area contributed by atoms with Crippen LogP contribution in [0.4, 0.5) is 14.9 Å². The molecule has 6 heteroatoms. The summed E-state index contributed by atoms with van der Waals surface area (Å²) in [5, 5.41) is 14.9. The molecule has 104 valence electrons. The predicted octanol–water partition coefficient (Wildman–Crippen LogP) is 2.90. The molecular weight excluding hydrogens is 271 g/mol. The number of hydrogen-bond acceptors (Lipinski definition) is 2. The van der Waals surface area contributed by atoms with Crippen LogP contribution in [0.15, 0.2) is 18.2 Å². The molecule has 0 heterocycles.